The first kappa shape index (κ1) is 20.2. The maximum absolute atomic E-state index is 12.8. The van der Waals surface area contributed by atoms with E-state index in [4.69, 9.17) is 4.74 Å². The molecule has 2 rings (SSSR count). The average Bonchev–Trinajstić information content (AvgIpc) is 3.40. The zero-order valence-electron chi connectivity index (χ0n) is 15.2. The number of rotatable bonds is 10. The SMILES string of the molecule is CCNC(=NCc1cccc(OCC)c1OC(F)F)NCC1(CO)CC1. The van der Waals surface area contributed by atoms with Gasteiger partial charge in [0.2, 0.25) is 0 Å². The first-order chi connectivity index (χ1) is 12.5. The molecule has 0 atom stereocenters. The summed E-state index contributed by atoms with van der Waals surface area (Å²) >= 11 is 0. The number of benzene rings is 1. The van der Waals surface area contributed by atoms with Crippen LogP contribution in [0.4, 0.5) is 8.78 Å². The van der Waals surface area contributed by atoms with E-state index in [9.17, 15) is 13.9 Å². The minimum absolute atomic E-state index is 0.0120. The van der Waals surface area contributed by atoms with Crippen molar-refractivity contribution < 1.29 is 23.4 Å². The second-order valence-electron chi connectivity index (χ2n) is 6.26. The summed E-state index contributed by atoms with van der Waals surface area (Å²) in [6, 6.07) is 5.00. The van der Waals surface area contributed by atoms with Gasteiger partial charge in [-0.2, -0.15) is 8.78 Å². The molecule has 3 N–H and O–H groups in total. The molecule has 8 heteroatoms. The number of para-hydroxylation sites is 1. The molecule has 1 aromatic carbocycles. The highest BCUT2D eigenvalue weighted by atomic mass is 19.3. The topological polar surface area (TPSA) is 75.1 Å². The molecule has 0 amide bonds. The van der Waals surface area contributed by atoms with E-state index >= 15 is 0 Å². The second kappa shape index (κ2) is 9.56. The molecule has 0 spiro atoms. The number of aliphatic imine (C=N–C) groups is 1. The predicted octanol–water partition coefficient (Wildman–Crippen LogP) is 2.51. The summed E-state index contributed by atoms with van der Waals surface area (Å²) < 4.78 is 35.6. The summed E-state index contributed by atoms with van der Waals surface area (Å²) in [5.41, 5.74) is 0.450. The van der Waals surface area contributed by atoms with Crippen molar-refractivity contribution in [2.24, 2.45) is 10.4 Å². The minimum atomic E-state index is -2.94. The van der Waals surface area contributed by atoms with E-state index in [0.717, 1.165) is 12.8 Å². The molecule has 1 aliphatic carbocycles. The lowest BCUT2D eigenvalue weighted by Crippen LogP contribution is -2.41. The number of aliphatic hydroxyl groups excluding tert-OH is 1. The maximum atomic E-state index is 12.8. The van der Waals surface area contributed by atoms with Crippen molar-refractivity contribution >= 4 is 5.96 Å². The zero-order valence-corrected chi connectivity index (χ0v) is 15.2. The molecule has 1 saturated carbocycles. The largest absolute Gasteiger partial charge is 0.490 e. The number of aliphatic hydroxyl groups is 1. The molecule has 0 aliphatic heterocycles. The van der Waals surface area contributed by atoms with Crippen LogP contribution < -0.4 is 20.1 Å². The summed E-state index contributed by atoms with van der Waals surface area (Å²) in [4.78, 5) is 4.45. The highest BCUT2D eigenvalue weighted by molar-refractivity contribution is 5.79. The zero-order chi connectivity index (χ0) is 19.0. The van der Waals surface area contributed by atoms with Crippen molar-refractivity contribution in [2.75, 3.05) is 26.3 Å². The van der Waals surface area contributed by atoms with Gasteiger partial charge >= 0.3 is 6.61 Å². The van der Waals surface area contributed by atoms with Gasteiger partial charge in [-0.15, -0.1) is 0 Å². The van der Waals surface area contributed by atoms with Crippen LogP contribution in [0.25, 0.3) is 0 Å². The molecule has 146 valence electrons. The van der Waals surface area contributed by atoms with Crippen molar-refractivity contribution in [1.82, 2.24) is 10.6 Å². The number of alkyl halides is 2. The lowest BCUT2D eigenvalue weighted by Gasteiger charge is -2.17. The Morgan fingerprint density at radius 3 is 2.65 bits per heavy atom. The Hall–Kier alpha value is -2.09. The highest BCUT2D eigenvalue weighted by Gasteiger charge is 2.41. The van der Waals surface area contributed by atoms with Crippen LogP contribution in [-0.4, -0.2) is 44.0 Å². The van der Waals surface area contributed by atoms with Gasteiger partial charge in [0.25, 0.3) is 0 Å². The van der Waals surface area contributed by atoms with Gasteiger partial charge in [0.1, 0.15) is 0 Å². The number of ether oxygens (including phenoxy) is 2. The summed E-state index contributed by atoms with van der Waals surface area (Å²) in [6.07, 6.45) is 1.97. The van der Waals surface area contributed by atoms with Crippen molar-refractivity contribution in [2.45, 2.75) is 39.8 Å². The lowest BCUT2D eigenvalue weighted by atomic mass is 10.1. The van der Waals surface area contributed by atoms with E-state index in [0.29, 0.717) is 31.2 Å². The molecule has 0 saturated heterocycles. The number of guanidine groups is 1. The van der Waals surface area contributed by atoms with E-state index in [1.165, 1.54) is 0 Å². The van der Waals surface area contributed by atoms with E-state index in [-0.39, 0.29) is 30.1 Å². The van der Waals surface area contributed by atoms with Gasteiger partial charge in [-0.25, -0.2) is 4.99 Å². The molecule has 1 aliphatic rings. The maximum Gasteiger partial charge on any atom is 0.387 e. The van der Waals surface area contributed by atoms with Gasteiger partial charge in [-0.05, 0) is 32.8 Å². The van der Waals surface area contributed by atoms with Crippen LogP contribution in [0.5, 0.6) is 11.5 Å². The molecule has 0 radical (unpaired) electrons. The molecule has 1 aromatic rings. The second-order valence-corrected chi connectivity index (χ2v) is 6.26. The van der Waals surface area contributed by atoms with E-state index in [2.05, 4.69) is 20.4 Å². The van der Waals surface area contributed by atoms with Gasteiger partial charge in [-0.3, -0.25) is 0 Å². The van der Waals surface area contributed by atoms with Gasteiger partial charge < -0.3 is 25.2 Å². The highest BCUT2D eigenvalue weighted by Crippen LogP contribution is 2.44. The molecule has 1 fully saturated rings. The Bertz CT molecular complexity index is 607. The molecule has 0 unspecified atom stereocenters. The number of hydrogen-bond acceptors (Lipinski definition) is 4. The van der Waals surface area contributed by atoms with Crippen LogP contribution in [0.2, 0.25) is 0 Å². The Labute approximate surface area is 152 Å². The van der Waals surface area contributed by atoms with E-state index in [1.807, 2.05) is 6.92 Å². The molecule has 6 nitrogen and oxygen atoms in total. The molecule has 0 aromatic heterocycles. The fourth-order valence-corrected chi connectivity index (χ4v) is 2.52. The van der Waals surface area contributed by atoms with Crippen molar-refractivity contribution in [3.63, 3.8) is 0 Å². The normalized spacial score (nSPS) is 15.7. The first-order valence-corrected chi connectivity index (χ1v) is 8.86. The Morgan fingerprint density at radius 1 is 1.31 bits per heavy atom. The molecular weight excluding hydrogens is 344 g/mol. The summed E-state index contributed by atoms with van der Waals surface area (Å²) in [6.45, 7) is 2.71. The third-order valence-electron chi connectivity index (χ3n) is 4.24. The average molecular weight is 371 g/mol. The Morgan fingerprint density at radius 2 is 2.08 bits per heavy atom. The van der Waals surface area contributed by atoms with Gasteiger partial charge in [0.05, 0.1) is 19.8 Å². The third-order valence-corrected chi connectivity index (χ3v) is 4.24. The molecular formula is C18H27F2N3O3. The third kappa shape index (κ3) is 5.72. The number of halogens is 2. The van der Waals surface area contributed by atoms with Crippen molar-refractivity contribution in [3.05, 3.63) is 23.8 Å². The fraction of sp³-hybridized carbons (Fsp3) is 0.611. The Balaban J connectivity index is 2.12. The smallest absolute Gasteiger partial charge is 0.387 e. The van der Waals surface area contributed by atoms with Gasteiger partial charge in [0.15, 0.2) is 17.5 Å². The summed E-state index contributed by atoms with van der Waals surface area (Å²) in [5.74, 6) is 0.852. The monoisotopic (exact) mass is 371 g/mol. The molecule has 26 heavy (non-hydrogen) atoms. The molecule has 0 heterocycles. The van der Waals surface area contributed by atoms with Crippen LogP contribution in [0.1, 0.15) is 32.3 Å². The lowest BCUT2D eigenvalue weighted by molar-refractivity contribution is -0.0520. The number of nitrogens with zero attached hydrogens (tertiary/aromatic N) is 1. The predicted molar refractivity (Wildman–Crippen MR) is 95.8 cm³/mol. The van der Waals surface area contributed by atoms with Crippen LogP contribution >= 0.6 is 0 Å². The van der Waals surface area contributed by atoms with E-state index < -0.39 is 6.61 Å². The first-order valence-electron chi connectivity index (χ1n) is 8.86. The van der Waals surface area contributed by atoms with Crippen molar-refractivity contribution in [3.8, 4) is 11.5 Å². The summed E-state index contributed by atoms with van der Waals surface area (Å²) in [5, 5.41) is 15.7. The van der Waals surface area contributed by atoms with Crippen LogP contribution in [0.15, 0.2) is 23.2 Å². The quantitative estimate of drug-likeness (QED) is 0.435. The van der Waals surface area contributed by atoms with Gasteiger partial charge in [0, 0.05) is 24.1 Å². The van der Waals surface area contributed by atoms with E-state index in [1.54, 1.807) is 25.1 Å². The standard InChI is InChI=1S/C18H27F2N3O3/c1-3-21-17(23-11-18(12-24)8-9-18)22-10-13-6-5-7-14(25-4-2)15(13)26-16(19)20/h5-7,16,24H,3-4,8-12H2,1-2H3,(H2,21,22,23). The van der Waals surface area contributed by atoms with Crippen molar-refractivity contribution in [1.29, 1.82) is 0 Å². The molecule has 0 bridgehead atoms. The van der Waals surface area contributed by atoms with Gasteiger partial charge in [-0.1, -0.05) is 12.1 Å². The minimum Gasteiger partial charge on any atom is -0.490 e. The van der Waals surface area contributed by atoms with Crippen LogP contribution in [0.3, 0.4) is 0 Å². The Kier molecular flexibility index (Phi) is 7.44. The number of hydrogen-bond donors (Lipinski definition) is 3. The fourth-order valence-electron chi connectivity index (χ4n) is 2.52. The number of nitrogens with one attached hydrogen (secondary N) is 2. The van der Waals surface area contributed by atoms with Crippen LogP contribution in [0, 0.1) is 5.41 Å². The van der Waals surface area contributed by atoms with Crippen LogP contribution in [-0.2, 0) is 6.54 Å². The summed E-state index contributed by atoms with van der Waals surface area (Å²) in [7, 11) is 0.